The van der Waals surface area contributed by atoms with Gasteiger partial charge in [0.15, 0.2) is 0 Å². The second kappa shape index (κ2) is 4.68. The first-order valence-electron chi connectivity index (χ1n) is 6.53. The van der Waals surface area contributed by atoms with Crippen LogP contribution in [0.1, 0.15) is 30.3 Å². The second-order valence-electron chi connectivity index (χ2n) is 4.93. The molecule has 1 atom stereocenters. The molecule has 2 heterocycles. The Labute approximate surface area is 116 Å². The van der Waals surface area contributed by atoms with E-state index in [9.17, 15) is 5.11 Å². The van der Waals surface area contributed by atoms with Crippen molar-refractivity contribution < 1.29 is 9.52 Å². The Morgan fingerprint density at radius 1 is 1.35 bits per heavy atom. The standard InChI is InChI=1S/C15H17N3O2/c1-9-3-6-14(20-9)10(2)18-13-5-4-11(16)7-12(13)17-15(18)8-19/h3-7,10,19H,8,16H2,1-2H3. The minimum absolute atomic E-state index is 0.0422. The summed E-state index contributed by atoms with van der Waals surface area (Å²) in [6.45, 7) is 3.81. The highest BCUT2D eigenvalue weighted by molar-refractivity contribution is 5.80. The van der Waals surface area contributed by atoms with Gasteiger partial charge in [0.2, 0.25) is 0 Å². The number of imidazole rings is 1. The number of nitrogen functional groups attached to an aromatic ring is 1. The first-order chi connectivity index (χ1) is 9.60. The highest BCUT2D eigenvalue weighted by atomic mass is 16.3. The van der Waals surface area contributed by atoms with Crippen molar-refractivity contribution in [2.24, 2.45) is 0 Å². The van der Waals surface area contributed by atoms with E-state index in [0.29, 0.717) is 11.5 Å². The van der Waals surface area contributed by atoms with E-state index < -0.39 is 0 Å². The van der Waals surface area contributed by atoms with Crippen molar-refractivity contribution in [2.75, 3.05) is 5.73 Å². The van der Waals surface area contributed by atoms with E-state index in [4.69, 9.17) is 10.2 Å². The molecule has 0 aliphatic carbocycles. The summed E-state index contributed by atoms with van der Waals surface area (Å²) in [4.78, 5) is 4.44. The van der Waals surface area contributed by atoms with Crippen molar-refractivity contribution in [3.05, 3.63) is 47.7 Å². The van der Waals surface area contributed by atoms with Crippen molar-refractivity contribution in [1.82, 2.24) is 9.55 Å². The van der Waals surface area contributed by atoms with E-state index in [0.717, 1.165) is 22.6 Å². The lowest BCUT2D eigenvalue weighted by atomic mass is 10.2. The number of furan rings is 1. The molecular formula is C15H17N3O2. The molecule has 2 aromatic heterocycles. The van der Waals surface area contributed by atoms with Crippen LogP contribution in [0, 0.1) is 6.92 Å². The largest absolute Gasteiger partial charge is 0.464 e. The van der Waals surface area contributed by atoms with Crippen molar-refractivity contribution >= 4 is 16.7 Å². The Morgan fingerprint density at radius 2 is 2.15 bits per heavy atom. The van der Waals surface area contributed by atoms with Gasteiger partial charge in [0, 0.05) is 5.69 Å². The third-order valence-corrected chi connectivity index (χ3v) is 3.49. The van der Waals surface area contributed by atoms with Gasteiger partial charge in [0.05, 0.1) is 17.1 Å². The van der Waals surface area contributed by atoms with E-state index >= 15 is 0 Å². The molecule has 1 unspecified atom stereocenters. The fourth-order valence-electron chi connectivity index (χ4n) is 2.51. The maximum absolute atomic E-state index is 9.54. The van der Waals surface area contributed by atoms with Gasteiger partial charge in [0.25, 0.3) is 0 Å². The van der Waals surface area contributed by atoms with Crippen LogP contribution >= 0.6 is 0 Å². The van der Waals surface area contributed by atoms with Crippen LogP contribution in [0.2, 0.25) is 0 Å². The van der Waals surface area contributed by atoms with Crippen molar-refractivity contribution in [1.29, 1.82) is 0 Å². The molecule has 3 rings (SSSR count). The smallest absolute Gasteiger partial charge is 0.136 e. The van der Waals surface area contributed by atoms with Gasteiger partial charge >= 0.3 is 0 Å². The van der Waals surface area contributed by atoms with E-state index in [1.165, 1.54) is 0 Å². The number of benzene rings is 1. The summed E-state index contributed by atoms with van der Waals surface area (Å²) in [5.74, 6) is 2.31. The summed E-state index contributed by atoms with van der Waals surface area (Å²) in [6, 6.07) is 9.40. The Bertz CT molecular complexity index is 758. The Balaban J connectivity index is 2.18. The fourth-order valence-corrected chi connectivity index (χ4v) is 2.51. The fraction of sp³-hybridized carbons (Fsp3) is 0.267. The van der Waals surface area contributed by atoms with Gasteiger partial charge in [-0.1, -0.05) is 0 Å². The third kappa shape index (κ3) is 1.96. The number of aromatic nitrogens is 2. The van der Waals surface area contributed by atoms with Crippen LogP contribution in [0.5, 0.6) is 0 Å². The summed E-state index contributed by atoms with van der Waals surface area (Å²) in [5, 5.41) is 9.54. The number of aliphatic hydroxyl groups is 1. The molecule has 0 aliphatic heterocycles. The van der Waals surface area contributed by atoms with Crippen LogP contribution in [-0.4, -0.2) is 14.7 Å². The second-order valence-corrected chi connectivity index (χ2v) is 4.93. The molecular weight excluding hydrogens is 254 g/mol. The van der Waals surface area contributed by atoms with Gasteiger partial charge < -0.3 is 19.8 Å². The van der Waals surface area contributed by atoms with Crippen LogP contribution in [0.25, 0.3) is 11.0 Å². The molecule has 0 saturated carbocycles. The number of hydrogen-bond acceptors (Lipinski definition) is 4. The molecule has 3 N–H and O–H groups in total. The van der Waals surface area contributed by atoms with Crippen LogP contribution in [0.4, 0.5) is 5.69 Å². The lowest BCUT2D eigenvalue weighted by Crippen LogP contribution is -2.10. The average Bonchev–Trinajstić information content (AvgIpc) is 3.00. The molecule has 1 aromatic carbocycles. The first kappa shape index (κ1) is 12.7. The summed E-state index contributed by atoms with van der Waals surface area (Å²) in [6.07, 6.45) is 0. The Kier molecular flexibility index (Phi) is 2.99. The molecule has 0 bridgehead atoms. The summed E-state index contributed by atoms with van der Waals surface area (Å²) in [7, 11) is 0. The maximum atomic E-state index is 9.54. The quantitative estimate of drug-likeness (QED) is 0.718. The normalized spacial score (nSPS) is 12.9. The zero-order valence-corrected chi connectivity index (χ0v) is 11.5. The zero-order chi connectivity index (χ0) is 14.3. The molecule has 0 fully saturated rings. The number of hydrogen-bond donors (Lipinski definition) is 2. The number of anilines is 1. The van der Waals surface area contributed by atoms with E-state index in [-0.39, 0.29) is 12.6 Å². The van der Waals surface area contributed by atoms with Gasteiger partial charge in [-0.25, -0.2) is 4.98 Å². The number of nitrogens with zero attached hydrogens (tertiary/aromatic N) is 2. The van der Waals surface area contributed by atoms with Gasteiger partial charge in [-0.15, -0.1) is 0 Å². The van der Waals surface area contributed by atoms with Gasteiger partial charge in [-0.3, -0.25) is 0 Å². The Morgan fingerprint density at radius 3 is 2.80 bits per heavy atom. The molecule has 20 heavy (non-hydrogen) atoms. The molecule has 0 amide bonds. The van der Waals surface area contributed by atoms with E-state index in [1.807, 2.05) is 48.7 Å². The summed E-state index contributed by atoms with van der Waals surface area (Å²) in [5.41, 5.74) is 8.16. The molecule has 0 saturated heterocycles. The lowest BCUT2D eigenvalue weighted by molar-refractivity contribution is 0.262. The number of aliphatic hydroxyl groups excluding tert-OH is 1. The van der Waals surface area contributed by atoms with E-state index in [1.54, 1.807) is 0 Å². The van der Waals surface area contributed by atoms with Gasteiger partial charge in [-0.05, 0) is 44.2 Å². The molecule has 5 heteroatoms. The monoisotopic (exact) mass is 271 g/mol. The zero-order valence-electron chi connectivity index (χ0n) is 11.5. The minimum Gasteiger partial charge on any atom is -0.464 e. The van der Waals surface area contributed by atoms with Crippen LogP contribution < -0.4 is 5.73 Å². The highest BCUT2D eigenvalue weighted by Crippen LogP contribution is 2.28. The van der Waals surface area contributed by atoms with Crippen LogP contribution in [-0.2, 0) is 6.61 Å². The van der Waals surface area contributed by atoms with Crippen LogP contribution in [0.15, 0.2) is 34.7 Å². The molecule has 104 valence electrons. The predicted octanol–water partition coefficient (Wildman–Crippen LogP) is 2.62. The lowest BCUT2D eigenvalue weighted by Gasteiger charge is -2.14. The summed E-state index contributed by atoms with van der Waals surface area (Å²) >= 11 is 0. The minimum atomic E-state index is -0.126. The Hall–Kier alpha value is -2.27. The van der Waals surface area contributed by atoms with Crippen molar-refractivity contribution in [2.45, 2.75) is 26.5 Å². The maximum Gasteiger partial charge on any atom is 0.136 e. The number of nitrogens with two attached hydrogens (primary N) is 1. The van der Waals surface area contributed by atoms with Crippen molar-refractivity contribution in [3.63, 3.8) is 0 Å². The molecule has 0 aliphatic rings. The van der Waals surface area contributed by atoms with Gasteiger partial charge in [0.1, 0.15) is 24.0 Å². The molecule has 5 nitrogen and oxygen atoms in total. The molecule has 3 aromatic rings. The number of fused-ring (bicyclic) bond motifs is 1. The topological polar surface area (TPSA) is 77.2 Å². The third-order valence-electron chi connectivity index (χ3n) is 3.49. The number of aryl methyl sites for hydroxylation is 1. The number of rotatable bonds is 3. The predicted molar refractivity (Wildman–Crippen MR) is 77.3 cm³/mol. The molecule has 0 spiro atoms. The van der Waals surface area contributed by atoms with Crippen LogP contribution in [0.3, 0.4) is 0 Å². The first-order valence-corrected chi connectivity index (χ1v) is 6.53. The molecule has 0 radical (unpaired) electrons. The van der Waals surface area contributed by atoms with E-state index in [2.05, 4.69) is 4.98 Å². The van der Waals surface area contributed by atoms with Gasteiger partial charge in [-0.2, -0.15) is 0 Å². The SMILES string of the molecule is Cc1ccc(C(C)n2c(CO)nc3cc(N)ccc32)o1. The summed E-state index contributed by atoms with van der Waals surface area (Å²) < 4.78 is 7.67. The average molecular weight is 271 g/mol. The van der Waals surface area contributed by atoms with Crippen molar-refractivity contribution in [3.8, 4) is 0 Å². The highest BCUT2D eigenvalue weighted by Gasteiger charge is 2.19.